The van der Waals surface area contributed by atoms with Gasteiger partial charge in [0, 0.05) is 42.1 Å². The number of anilines is 2. The average Bonchev–Trinajstić information content (AvgIpc) is 3.31. The summed E-state index contributed by atoms with van der Waals surface area (Å²) >= 11 is 0. The third kappa shape index (κ3) is 5.83. The lowest BCUT2D eigenvalue weighted by atomic mass is 10.2. The molecule has 3 N–H and O–H groups in total. The van der Waals surface area contributed by atoms with Crippen molar-refractivity contribution in [3.8, 4) is 0 Å². The third-order valence-electron chi connectivity index (χ3n) is 4.92. The molecule has 2 aromatic carbocycles. The largest absolute Gasteiger partial charge is 0.376 e. The quantitative estimate of drug-likeness (QED) is 0.626. The van der Waals surface area contributed by atoms with Crippen molar-refractivity contribution < 1.29 is 14.4 Å². The fourth-order valence-corrected chi connectivity index (χ4v) is 3.30. The monoisotopic (exact) mass is 408 g/mol. The summed E-state index contributed by atoms with van der Waals surface area (Å²) in [5.41, 5.74) is 2.49. The van der Waals surface area contributed by atoms with E-state index in [1.165, 1.54) is 0 Å². The van der Waals surface area contributed by atoms with Crippen molar-refractivity contribution in [3.05, 3.63) is 59.7 Å². The standard InChI is InChI=1S/C23H28N4O3/c1-2-12-24-22(29)18-6-5-7-20(15-18)26-21(28)16-25-19-10-8-17(9-11-19)23(30)27-13-3-4-14-27/h5-11,15,25H,2-4,12-14,16H2,1H3,(H,24,29)(H,26,28). The number of rotatable bonds is 8. The second-order valence-corrected chi connectivity index (χ2v) is 7.32. The Morgan fingerprint density at radius 3 is 2.37 bits per heavy atom. The zero-order chi connectivity index (χ0) is 21.3. The van der Waals surface area contributed by atoms with Crippen LogP contribution in [0.3, 0.4) is 0 Å². The highest BCUT2D eigenvalue weighted by molar-refractivity contribution is 5.98. The number of benzene rings is 2. The summed E-state index contributed by atoms with van der Waals surface area (Å²) in [6.45, 7) is 4.32. The SMILES string of the molecule is CCCNC(=O)c1cccc(NC(=O)CNc2ccc(C(=O)N3CCCC3)cc2)c1. The number of likely N-dealkylation sites (tertiary alicyclic amines) is 1. The predicted molar refractivity (Wildman–Crippen MR) is 118 cm³/mol. The zero-order valence-electron chi connectivity index (χ0n) is 17.2. The van der Waals surface area contributed by atoms with Gasteiger partial charge in [-0.1, -0.05) is 13.0 Å². The van der Waals surface area contributed by atoms with E-state index in [-0.39, 0.29) is 24.3 Å². The molecule has 0 bridgehead atoms. The van der Waals surface area contributed by atoms with Crippen molar-refractivity contribution in [2.45, 2.75) is 26.2 Å². The highest BCUT2D eigenvalue weighted by Crippen LogP contribution is 2.16. The molecule has 0 aromatic heterocycles. The number of hydrogen-bond acceptors (Lipinski definition) is 4. The molecule has 0 aliphatic carbocycles. The maximum atomic E-state index is 12.4. The maximum absolute atomic E-state index is 12.4. The van der Waals surface area contributed by atoms with Crippen molar-refractivity contribution in [2.75, 3.05) is 36.8 Å². The van der Waals surface area contributed by atoms with Crippen LogP contribution in [0.2, 0.25) is 0 Å². The molecule has 1 fully saturated rings. The fourth-order valence-electron chi connectivity index (χ4n) is 3.30. The number of amides is 3. The second kappa shape index (κ2) is 10.4. The van der Waals surface area contributed by atoms with Gasteiger partial charge >= 0.3 is 0 Å². The second-order valence-electron chi connectivity index (χ2n) is 7.32. The van der Waals surface area contributed by atoms with Crippen molar-refractivity contribution in [1.82, 2.24) is 10.2 Å². The Morgan fingerprint density at radius 2 is 1.67 bits per heavy atom. The molecular formula is C23H28N4O3. The van der Waals surface area contributed by atoms with Gasteiger partial charge in [0.05, 0.1) is 6.54 Å². The Hall–Kier alpha value is -3.35. The molecule has 2 aromatic rings. The first kappa shape index (κ1) is 21.4. The molecule has 30 heavy (non-hydrogen) atoms. The highest BCUT2D eigenvalue weighted by atomic mass is 16.2. The van der Waals surface area contributed by atoms with Gasteiger partial charge in [-0.3, -0.25) is 14.4 Å². The number of hydrogen-bond donors (Lipinski definition) is 3. The van der Waals surface area contributed by atoms with Crippen LogP contribution in [0.1, 0.15) is 46.9 Å². The summed E-state index contributed by atoms with van der Waals surface area (Å²) in [5.74, 6) is -0.326. The van der Waals surface area contributed by atoms with Gasteiger partial charge in [-0.25, -0.2) is 0 Å². The Balaban J connectivity index is 1.50. The third-order valence-corrected chi connectivity index (χ3v) is 4.92. The lowest BCUT2D eigenvalue weighted by molar-refractivity contribution is -0.114. The van der Waals surface area contributed by atoms with Gasteiger partial charge < -0.3 is 20.9 Å². The molecule has 0 saturated carbocycles. The molecule has 0 spiro atoms. The van der Waals surface area contributed by atoms with E-state index in [4.69, 9.17) is 0 Å². The molecule has 0 unspecified atom stereocenters. The van der Waals surface area contributed by atoms with E-state index in [0.717, 1.165) is 38.0 Å². The number of nitrogens with one attached hydrogen (secondary N) is 3. The first-order valence-electron chi connectivity index (χ1n) is 10.4. The summed E-state index contributed by atoms with van der Waals surface area (Å²) in [6.07, 6.45) is 2.99. The van der Waals surface area contributed by atoms with Crippen molar-refractivity contribution in [2.24, 2.45) is 0 Å². The molecule has 1 aliphatic rings. The number of carbonyl (C=O) groups is 3. The van der Waals surface area contributed by atoms with Crippen molar-refractivity contribution in [1.29, 1.82) is 0 Å². The summed E-state index contributed by atoms with van der Waals surface area (Å²) < 4.78 is 0. The average molecular weight is 409 g/mol. The van der Waals surface area contributed by atoms with E-state index in [1.807, 2.05) is 11.8 Å². The van der Waals surface area contributed by atoms with Gasteiger partial charge in [0.2, 0.25) is 5.91 Å². The van der Waals surface area contributed by atoms with Gasteiger partial charge in [-0.05, 0) is 61.7 Å². The topological polar surface area (TPSA) is 90.5 Å². The van der Waals surface area contributed by atoms with E-state index in [1.54, 1.807) is 48.5 Å². The first-order chi connectivity index (χ1) is 14.6. The van der Waals surface area contributed by atoms with Crippen LogP contribution in [0.25, 0.3) is 0 Å². The van der Waals surface area contributed by atoms with Crippen molar-refractivity contribution >= 4 is 29.1 Å². The van der Waals surface area contributed by atoms with Gasteiger partial charge in [-0.15, -0.1) is 0 Å². The molecule has 0 radical (unpaired) electrons. The van der Waals surface area contributed by atoms with Crippen LogP contribution in [0.15, 0.2) is 48.5 Å². The minimum atomic E-state index is -0.224. The highest BCUT2D eigenvalue weighted by Gasteiger charge is 2.19. The minimum absolute atomic E-state index is 0.0552. The summed E-state index contributed by atoms with van der Waals surface area (Å²) in [5, 5.41) is 8.65. The summed E-state index contributed by atoms with van der Waals surface area (Å²) in [7, 11) is 0. The molecule has 7 heteroatoms. The van der Waals surface area contributed by atoms with Crippen LogP contribution in [0.5, 0.6) is 0 Å². The van der Waals surface area contributed by atoms with Crippen LogP contribution in [0, 0.1) is 0 Å². The van der Waals surface area contributed by atoms with E-state index in [2.05, 4.69) is 16.0 Å². The maximum Gasteiger partial charge on any atom is 0.253 e. The molecule has 1 heterocycles. The smallest absolute Gasteiger partial charge is 0.253 e. The molecule has 1 saturated heterocycles. The van der Waals surface area contributed by atoms with Crippen LogP contribution in [0.4, 0.5) is 11.4 Å². The van der Waals surface area contributed by atoms with E-state index >= 15 is 0 Å². The van der Waals surface area contributed by atoms with Crippen LogP contribution < -0.4 is 16.0 Å². The zero-order valence-corrected chi connectivity index (χ0v) is 17.2. The Kier molecular flexibility index (Phi) is 7.43. The Bertz CT molecular complexity index is 890. The van der Waals surface area contributed by atoms with E-state index < -0.39 is 0 Å². The predicted octanol–water partition coefficient (Wildman–Crippen LogP) is 3.11. The van der Waals surface area contributed by atoms with Gasteiger partial charge in [0.15, 0.2) is 0 Å². The fraction of sp³-hybridized carbons (Fsp3) is 0.348. The molecular weight excluding hydrogens is 380 g/mol. The number of carbonyl (C=O) groups excluding carboxylic acids is 3. The van der Waals surface area contributed by atoms with Gasteiger partial charge in [-0.2, -0.15) is 0 Å². The first-order valence-corrected chi connectivity index (χ1v) is 10.4. The molecule has 7 nitrogen and oxygen atoms in total. The Labute approximate surface area is 176 Å². The van der Waals surface area contributed by atoms with Crippen LogP contribution in [-0.4, -0.2) is 48.8 Å². The lowest BCUT2D eigenvalue weighted by Gasteiger charge is -2.15. The molecule has 3 amide bonds. The Morgan fingerprint density at radius 1 is 0.933 bits per heavy atom. The normalized spacial score (nSPS) is 13.0. The van der Waals surface area contributed by atoms with Gasteiger partial charge in [0.1, 0.15) is 0 Å². The summed E-state index contributed by atoms with van der Waals surface area (Å²) in [6, 6.07) is 14.0. The van der Waals surface area contributed by atoms with Gasteiger partial charge in [0.25, 0.3) is 11.8 Å². The van der Waals surface area contributed by atoms with E-state index in [0.29, 0.717) is 23.4 Å². The lowest BCUT2D eigenvalue weighted by Crippen LogP contribution is -2.27. The summed E-state index contributed by atoms with van der Waals surface area (Å²) in [4.78, 5) is 38.5. The molecule has 0 atom stereocenters. The molecule has 3 rings (SSSR count). The van der Waals surface area contributed by atoms with E-state index in [9.17, 15) is 14.4 Å². The van der Waals surface area contributed by atoms with Crippen LogP contribution in [-0.2, 0) is 4.79 Å². The molecule has 1 aliphatic heterocycles. The van der Waals surface area contributed by atoms with Crippen LogP contribution >= 0.6 is 0 Å². The van der Waals surface area contributed by atoms with Crippen molar-refractivity contribution in [3.63, 3.8) is 0 Å². The molecule has 158 valence electrons. The minimum Gasteiger partial charge on any atom is -0.376 e. The number of nitrogens with zero attached hydrogens (tertiary/aromatic N) is 1.